The summed E-state index contributed by atoms with van der Waals surface area (Å²) in [5, 5.41) is 13.7. The zero-order valence-electron chi connectivity index (χ0n) is 45.6. The number of aromatic nitrogens is 4. The largest absolute Gasteiger partial charge is 0.444 e. The molecule has 422 valence electrons. The highest BCUT2D eigenvalue weighted by atomic mass is 35.5. The van der Waals surface area contributed by atoms with Crippen LogP contribution in [0.1, 0.15) is 157 Å². The number of halogens is 4. The van der Waals surface area contributed by atoms with Gasteiger partial charge in [-0.2, -0.15) is 5.10 Å². The van der Waals surface area contributed by atoms with Gasteiger partial charge in [-0.25, -0.2) is 27.2 Å². The Kier molecular flexibility index (Phi) is 19.4. The SMILES string of the molecule is CC(C)[C@@H](CS(=O)(=O)C(C)C)N1C(=O)[C@@](C)(CC(=O)NCCCCCN(C)CC2CCC(n3cc(NC(=O)c4coc(-c5ccnc(NCC6CC6)c5)n4)c(C(F)F)n3)CC2)C[C@H](c2cccc(Cl)c2)[C@H]1c1ccc(Cl)cc1. The second kappa shape index (κ2) is 25.8. The predicted molar refractivity (Wildman–Crippen MR) is 302 cm³/mol. The lowest BCUT2D eigenvalue weighted by atomic mass is 9.66. The number of anilines is 2. The number of benzene rings is 2. The van der Waals surface area contributed by atoms with Crippen LogP contribution in [0.15, 0.2) is 83.7 Å². The molecule has 78 heavy (non-hydrogen) atoms. The summed E-state index contributed by atoms with van der Waals surface area (Å²) in [6.07, 6.45) is 10.00. The van der Waals surface area contributed by atoms with Crippen molar-refractivity contribution in [1.82, 2.24) is 34.9 Å². The van der Waals surface area contributed by atoms with Gasteiger partial charge in [-0.3, -0.25) is 19.1 Å². The Bertz CT molecular complexity index is 2960. The summed E-state index contributed by atoms with van der Waals surface area (Å²) in [5.41, 5.74) is 0.589. The third-order valence-corrected chi connectivity index (χ3v) is 18.6. The summed E-state index contributed by atoms with van der Waals surface area (Å²) in [6.45, 7) is 12.1. The zero-order valence-corrected chi connectivity index (χ0v) is 47.9. The van der Waals surface area contributed by atoms with Crippen molar-refractivity contribution >= 4 is 62.3 Å². The molecule has 3 fully saturated rings. The van der Waals surface area contributed by atoms with Crippen molar-refractivity contribution in [3.05, 3.63) is 112 Å². The summed E-state index contributed by atoms with van der Waals surface area (Å²) in [7, 11) is -1.49. The lowest BCUT2D eigenvalue weighted by Gasteiger charge is -2.53. The summed E-state index contributed by atoms with van der Waals surface area (Å²) in [4.78, 5) is 55.1. The number of hydrogen-bond donors (Lipinski definition) is 3. The highest BCUT2D eigenvalue weighted by Crippen LogP contribution is 2.53. The number of nitrogens with one attached hydrogen (secondary N) is 3. The van der Waals surface area contributed by atoms with Gasteiger partial charge in [0.05, 0.1) is 34.2 Å². The average Bonchev–Trinajstić information content (AvgIpc) is 4.00. The maximum atomic E-state index is 15.2. The molecule has 8 rings (SSSR count). The Balaban J connectivity index is 0.806. The van der Waals surface area contributed by atoms with Gasteiger partial charge in [-0.1, -0.05) is 74.7 Å². The van der Waals surface area contributed by atoms with E-state index in [1.807, 2.05) is 51.1 Å². The fourth-order valence-electron chi connectivity index (χ4n) is 11.2. The van der Waals surface area contributed by atoms with Gasteiger partial charge < -0.3 is 30.2 Å². The van der Waals surface area contributed by atoms with Gasteiger partial charge in [-0.05, 0) is 151 Å². The molecule has 4 atom stereocenters. The number of carbonyl (C=O) groups excluding carboxylic acids is 3. The molecule has 20 heteroatoms. The minimum atomic E-state index is -3.60. The van der Waals surface area contributed by atoms with Gasteiger partial charge in [0.15, 0.2) is 21.2 Å². The lowest BCUT2D eigenvalue weighted by Crippen LogP contribution is -2.59. The maximum absolute atomic E-state index is 15.2. The summed E-state index contributed by atoms with van der Waals surface area (Å²) < 4.78 is 63.0. The van der Waals surface area contributed by atoms with E-state index in [4.69, 9.17) is 27.6 Å². The minimum Gasteiger partial charge on any atom is -0.444 e. The van der Waals surface area contributed by atoms with E-state index < -0.39 is 50.6 Å². The normalized spacial score (nSPS) is 21.4. The molecular formula is C58H75Cl2F2N9O6S. The Morgan fingerprint density at radius 1 is 0.923 bits per heavy atom. The van der Waals surface area contributed by atoms with Crippen LogP contribution >= 0.6 is 23.2 Å². The van der Waals surface area contributed by atoms with Crippen molar-refractivity contribution in [3.63, 3.8) is 0 Å². The molecule has 2 aromatic carbocycles. The monoisotopic (exact) mass is 1130 g/mol. The van der Waals surface area contributed by atoms with Crippen molar-refractivity contribution in [1.29, 1.82) is 0 Å². The van der Waals surface area contributed by atoms with Crippen LogP contribution in [0.3, 0.4) is 0 Å². The van der Waals surface area contributed by atoms with Crippen molar-refractivity contribution < 1.29 is 36.0 Å². The first-order valence-electron chi connectivity index (χ1n) is 27.5. The molecule has 2 aliphatic carbocycles. The summed E-state index contributed by atoms with van der Waals surface area (Å²) in [5.74, 6) is 0.0379. The second-order valence-electron chi connectivity index (χ2n) is 22.8. The second-order valence-corrected chi connectivity index (χ2v) is 26.3. The predicted octanol–water partition coefficient (Wildman–Crippen LogP) is 12.2. The topological polar surface area (TPSA) is 185 Å². The van der Waals surface area contributed by atoms with E-state index in [1.165, 1.54) is 25.3 Å². The Morgan fingerprint density at radius 3 is 2.33 bits per heavy atom. The number of nitrogens with zero attached hydrogens (tertiary/aromatic N) is 6. The van der Waals surface area contributed by atoms with E-state index in [0.29, 0.717) is 46.2 Å². The van der Waals surface area contributed by atoms with E-state index in [1.54, 1.807) is 60.0 Å². The van der Waals surface area contributed by atoms with Gasteiger partial charge in [0.25, 0.3) is 12.3 Å². The first kappa shape index (κ1) is 58.7. The fourth-order valence-corrected chi connectivity index (χ4v) is 12.9. The molecular weight excluding hydrogens is 1060 g/mol. The Labute approximate surface area is 467 Å². The van der Waals surface area contributed by atoms with Crippen LogP contribution in [-0.2, 0) is 19.4 Å². The summed E-state index contributed by atoms with van der Waals surface area (Å²) >= 11 is 13.0. The van der Waals surface area contributed by atoms with Crippen molar-refractivity contribution in [2.45, 2.75) is 141 Å². The van der Waals surface area contributed by atoms with E-state index in [2.05, 4.69) is 43.0 Å². The molecule has 3 aliphatic rings. The quantitative estimate of drug-likeness (QED) is 0.0473. The van der Waals surface area contributed by atoms with E-state index in [-0.39, 0.29) is 59.1 Å². The molecule has 1 saturated heterocycles. The van der Waals surface area contributed by atoms with Crippen LogP contribution in [0.5, 0.6) is 0 Å². The summed E-state index contributed by atoms with van der Waals surface area (Å²) in [6, 6.07) is 17.1. The molecule has 5 aromatic rings. The highest BCUT2D eigenvalue weighted by molar-refractivity contribution is 7.92. The molecule has 4 heterocycles. The van der Waals surface area contributed by atoms with Crippen molar-refractivity contribution in [2.75, 3.05) is 49.6 Å². The number of hydrogen-bond acceptors (Lipinski definition) is 11. The van der Waals surface area contributed by atoms with Gasteiger partial charge >= 0.3 is 0 Å². The van der Waals surface area contributed by atoms with Crippen LogP contribution in [0, 0.1) is 23.2 Å². The van der Waals surface area contributed by atoms with Crippen LogP contribution in [0.25, 0.3) is 11.5 Å². The Hall–Kier alpha value is -5.43. The minimum absolute atomic E-state index is 0.0456. The number of amides is 3. The number of oxazole rings is 1. The van der Waals surface area contributed by atoms with Gasteiger partial charge in [-0.15, -0.1) is 0 Å². The van der Waals surface area contributed by atoms with Gasteiger partial charge in [0, 0.05) is 66.0 Å². The third-order valence-electron chi connectivity index (χ3n) is 15.9. The van der Waals surface area contributed by atoms with Crippen LogP contribution in [-0.4, -0.2) is 106 Å². The molecule has 0 unspecified atom stereocenters. The molecule has 2 saturated carbocycles. The standard InChI is InChI=1S/C58H75Cl2F2N9O6S/c1-36(2)49(35-78(75,76)37(3)4)71-53(40-17-19-43(59)20-18-40)46(41-11-10-12-44(60)27-41)29-58(5,57(71)74)30-51(72)64-24-8-7-9-26-69(6)32-39-15-21-45(22-16-39)70-33-47(52(68-70)54(61)62)66-55(73)48-34-77-56(67-48)42-23-25-63-50(28-42)65-31-38-13-14-38/h10-12,17-20,23,25,27-28,33-34,36-39,45-46,49,53-54H,7-9,13-16,21-22,24,26,29-32,35H2,1-6H3,(H,63,65)(H,64,72)(H,66,73)/t39?,45?,46-,49-,53-,58-/m1/s1. The van der Waals surface area contributed by atoms with Crippen LogP contribution in [0.2, 0.25) is 10.0 Å². The van der Waals surface area contributed by atoms with Crippen LogP contribution < -0.4 is 16.0 Å². The fraction of sp³-hybridized carbons (Fsp3) is 0.552. The number of unbranched alkanes of at least 4 members (excludes halogenated alkanes) is 2. The molecule has 15 nitrogen and oxygen atoms in total. The number of pyridine rings is 1. The Morgan fingerprint density at radius 2 is 1.65 bits per heavy atom. The number of alkyl halides is 2. The number of piperidine rings is 1. The van der Waals surface area contributed by atoms with E-state index >= 15 is 4.79 Å². The molecule has 1 aliphatic heterocycles. The van der Waals surface area contributed by atoms with Gasteiger partial charge in [0.2, 0.25) is 17.7 Å². The molecule has 3 aromatic heterocycles. The first-order valence-corrected chi connectivity index (χ1v) is 30.0. The number of rotatable bonds is 25. The molecule has 0 spiro atoms. The first-order chi connectivity index (χ1) is 37.2. The maximum Gasteiger partial charge on any atom is 0.284 e. The van der Waals surface area contributed by atoms with Crippen LogP contribution in [0.4, 0.5) is 20.3 Å². The highest BCUT2D eigenvalue weighted by Gasteiger charge is 2.53. The smallest absolute Gasteiger partial charge is 0.284 e. The number of likely N-dealkylation sites (tertiary alicyclic amines) is 1. The van der Waals surface area contributed by atoms with Crippen molar-refractivity contribution in [3.8, 4) is 11.5 Å². The average molecular weight is 1140 g/mol. The lowest BCUT2D eigenvalue weighted by molar-refractivity contribution is -0.158. The van der Waals surface area contributed by atoms with Gasteiger partial charge in [0.1, 0.15) is 12.1 Å². The molecule has 3 N–H and O–H groups in total. The van der Waals surface area contributed by atoms with Crippen molar-refractivity contribution in [2.24, 2.45) is 23.2 Å². The number of carbonyl (C=O) groups is 3. The third kappa shape index (κ3) is 14.9. The molecule has 3 amide bonds. The molecule has 0 radical (unpaired) electrons. The van der Waals surface area contributed by atoms with E-state index in [9.17, 15) is 26.8 Å². The van der Waals surface area contributed by atoms with E-state index in [0.717, 1.165) is 75.7 Å². The molecule has 0 bridgehead atoms. The number of sulfone groups is 1. The zero-order chi connectivity index (χ0) is 55.9.